The zero-order valence-electron chi connectivity index (χ0n) is 14.9. The molecule has 25 heavy (non-hydrogen) atoms. The first-order valence-electron chi connectivity index (χ1n) is 8.92. The van der Waals surface area contributed by atoms with Crippen molar-refractivity contribution in [3.8, 4) is 0 Å². The first-order chi connectivity index (χ1) is 11.8. The van der Waals surface area contributed by atoms with Crippen LogP contribution in [0.1, 0.15) is 32.3 Å². The Labute approximate surface area is 148 Å². The van der Waals surface area contributed by atoms with Gasteiger partial charge in [0, 0.05) is 38.0 Å². The number of aliphatic hydroxyl groups is 1. The standard InChI is InChI=1S/C19H27FN2O3/c1-13(23)21-18-12-25-17-7-8-22(11-15(17)9-19(18,2)24)10-14-5-3-4-6-16(14)20/h3-6,15,17-18,24H,7-12H2,1-2H3,(H,21,23)/t15-,17+,18+,19+/m0/s1. The van der Waals surface area contributed by atoms with E-state index in [9.17, 15) is 14.3 Å². The van der Waals surface area contributed by atoms with Crippen molar-refractivity contribution in [1.82, 2.24) is 10.2 Å². The highest BCUT2D eigenvalue weighted by molar-refractivity contribution is 5.73. The molecule has 2 saturated heterocycles. The molecule has 1 aromatic carbocycles. The Hall–Kier alpha value is -1.50. The maximum atomic E-state index is 13.9. The maximum absolute atomic E-state index is 13.9. The lowest BCUT2D eigenvalue weighted by molar-refractivity contribution is -0.122. The van der Waals surface area contributed by atoms with E-state index in [1.165, 1.54) is 13.0 Å². The number of nitrogens with one attached hydrogen (secondary N) is 1. The van der Waals surface area contributed by atoms with Crippen LogP contribution in [-0.2, 0) is 16.1 Å². The summed E-state index contributed by atoms with van der Waals surface area (Å²) in [6, 6.07) is 6.44. The summed E-state index contributed by atoms with van der Waals surface area (Å²) < 4.78 is 19.9. The Morgan fingerprint density at radius 3 is 2.96 bits per heavy atom. The molecule has 0 aliphatic carbocycles. The molecule has 2 heterocycles. The van der Waals surface area contributed by atoms with E-state index in [1.54, 1.807) is 13.0 Å². The molecule has 0 aromatic heterocycles. The minimum atomic E-state index is -1.02. The van der Waals surface area contributed by atoms with E-state index in [0.29, 0.717) is 25.1 Å². The van der Waals surface area contributed by atoms with Crippen LogP contribution in [0.4, 0.5) is 4.39 Å². The molecule has 2 aliphatic heterocycles. The van der Waals surface area contributed by atoms with E-state index in [-0.39, 0.29) is 23.7 Å². The topological polar surface area (TPSA) is 61.8 Å². The minimum Gasteiger partial charge on any atom is -0.388 e. The Morgan fingerprint density at radius 2 is 2.24 bits per heavy atom. The Morgan fingerprint density at radius 1 is 1.48 bits per heavy atom. The first kappa shape index (κ1) is 18.3. The van der Waals surface area contributed by atoms with Crippen molar-refractivity contribution in [3.63, 3.8) is 0 Å². The van der Waals surface area contributed by atoms with Crippen LogP contribution in [0.25, 0.3) is 0 Å². The highest BCUT2D eigenvalue weighted by Gasteiger charge is 2.43. The number of ether oxygens (including phenoxy) is 1. The number of rotatable bonds is 3. The second-order valence-electron chi connectivity index (χ2n) is 7.56. The molecule has 138 valence electrons. The number of fused-ring (bicyclic) bond motifs is 1. The second kappa shape index (κ2) is 7.40. The number of benzene rings is 1. The highest BCUT2D eigenvalue weighted by Crippen LogP contribution is 2.33. The summed E-state index contributed by atoms with van der Waals surface area (Å²) in [5.74, 6) is -0.186. The Balaban J connectivity index is 1.67. The number of piperidine rings is 1. The summed E-state index contributed by atoms with van der Waals surface area (Å²) in [6.45, 7) is 5.68. The van der Waals surface area contributed by atoms with E-state index >= 15 is 0 Å². The zero-order valence-corrected chi connectivity index (χ0v) is 14.9. The summed E-state index contributed by atoms with van der Waals surface area (Å²) in [4.78, 5) is 13.6. The van der Waals surface area contributed by atoms with Crippen LogP contribution >= 0.6 is 0 Å². The molecule has 3 rings (SSSR count). The van der Waals surface area contributed by atoms with Crippen LogP contribution in [0, 0.1) is 11.7 Å². The number of likely N-dealkylation sites (tertiary alicyclic amines) is 1. The molecule has 0 spiro atoms. The molecule has 0 radical (unpaired) electrons. The third-order valence-electron chi connectivity index (χ3n) is 5.38. The number of halogens is 1. The fraction of sp³-hybridized carbons (Fsp3) is 0.632. The average molecular weight is 350 g/mol. The lowest BCUT2D eigenvalue weighted by Gasteiger charge is -2.39. The second-order valence-corrected chi connectivity index (χ2v) is 7.56. The molecule has 1 aromatic rings. The molecular formula is C19H27FN2O3. The van der Waals surface area contributed by atoms with E-state index in [0.717, 1.165) is 19.5 Å². The van der Waals surface area contributed by atoms with Gasteiger partial charge in [-0.05, 0) is 25.8 Å². The van der Waals surface area contributed by atoms with Crippen molar-refractivity contribution in [2.24, 2.45) is 5.92 Å². The van der Waals surface area contributed by atoms with Crippen LogP contribution < -0.4 is 5.32 Å². The number of nitrogens with zero attached hydrogens (tertiary/aromatic N) is 1. The van der Waals surface area contributed by atoms with Crippen molar-refractivity contribution in [3.05, 3.63) is 35.6 Å². The Kier molecular flexibility index (Phi) is 5.41. The van der Waals surface area contributed by atoms with Gasteiger partial charge in [-0.2, -0.15) is 0 Å². The van der Waals surface area contributed by atoms with E-state index in [1.807, 2.05) is 12.1 Å². The van der Waals surface area contributed by atoms with Crippen molar-refractivity contribution in [2.45, 2.75) is 51.0 Å². The van der Waals surface area contributed by atoms with Gasteiger partial charge < -0.3 is 15.2 Å². The number of amides is 1. The van der Waals surface area contributed by atoms with Gasteiger partial charge in [-0.15, -0.1) is 0 Å². The normalized spacial score (nSPS) is 33.4. The van der Waals surface area contributed by atoms with E-state index < -0.39 is 11.6 Å². The van der Waals surface area contributed by atoms with Crippen LogP contribution in [0.2, 0.25) is 0 Å². The van der Waals surface area contributed by atoms with Gasteiger partial charge in [0.25, 0.3) is 0 Å². The molecule has 2 N–H and O–H groups in total. The van der Waals surface area contributed by atoms with E-state index in [2.05, 4.69) is 10.2 Å². The van der Waals surface area contributed by atoms with Gasteiger partial charge in [-0.1, -0.05) is 18.2 Å². The quantitative estimate of drug-likeness (QED) is 0.871. The van der Waals surface area contributed by atoms with E-state index in [4.69, 9.17) is 4.74 Å². The van der Waals surface area contributed by atoms with Crippen molar-refractivity contribution >= 4 is 5.91 Å². The number of hydrogen-bond acceptors (Lipinski definition) is 4. The maximum Gasteiger partial charge on any atom is 0.217 e. The zero-order chi connectivity index (χ0) is 18.0. The van der Waals surface area contributed by atoms with Crippen molar-refractivity contribution < 1.29 is 19.0 Å². The molecule has 6 heteroatoms. The number of carbonyl (C=O) groups is 1. The first-order valence-corrected chi connectivity index (χ1v) is 8.92. The predicted octanol–water partition coefficient (Wildman–Crippen LogP) is 1.69. The van der Waals surface area contributed by atoms with Crippen LogP contribution in [0.3, 0.4) is 0 Å². The molecule has 1 amide bonds. The fourth-order valence-electron chi connectivity index (χ4n) is 4.03. The SMILES string of the molecule is CC(=O)N[C@@H]1CO[C@@H]2CCN(Cc3ccccc3F)C[C@@H]2C[C@@]1(C)O. The number of hydrogen-bond donors (Lipinski definition) is 2. The van der Waals surface area contributed by atoms with Crippen LogP contribution in [0.5, 0.6) is 0 Å². The largest absolute Gasteiger partial charge is 0.388 e. The van der Waals surface area contributed by atoms with Gasteiger partial charge in [-0.25, -0.2) is 4.39 Å². The summed E-state index contributed by atoms with van der Waals surface area (Å²) in [5, 5.41) is 13.7. The summed E-state index contributed by atoms with van der Waals surface area (Å²) >= 11 is 0. The smallest absolute Gasteiger partial charge is 0.217 e. The van der Waals surface area contributed by atoms with Gasteiger partial charge in [-0.3, -0.25) is 9.69 Å². The van der Waals surface area contributed by atoms with Crippen LogP contribution in [0.15, 0.2) is 24.3 Å². The minimum absolute atomic E-state index is 0.0714. The molecule has 0 bridgehead atoms. The predicted molar refractivity (Wildman–Crippen MR) is 92.4 cm³/mol. The molecule has 5 nitrogen and oxygen atoms in total. The molecule has 2 aliphatic rings. The number of carbonyl (C=O) groups excluding carboxylic acids is 1. The Bertz CT molecular complexity index is 622. The molecule has 2 fully saturated rings. The average Bonchev–Trinajstić information content (AvgIpc) is 2.65. The van der Waals surface area contributed by atoms with Gasteiger partial charge in [0.1, 0.15) is 5.82 Å². The lowest BCUT2D eigenvalue weighted by Crippen LogP contribution is -2.53. The summed E-state index contributed by atoms with van der Waals surface area (Å²) in [7, 11) is 0. The lowest BCUT2D eigenvalue weighted by atomic mass is 9.82. The van der Waals surface area contributed by atoms with Crippen molar-refractivity contribution in [2.75, 3.05) is 19.7 Å². The highest BCUT2D eigenvalue weighted by atomic mass is 19.1. The third kappa shape index (κ3) is 4.37. The monoisotopic (exact) mass is 350 g/mol. The third-order valence-corrected chi connectivity index (χ3v) is 5.38. The summed E-state index contributed by atoms with van der Waals surface area (Å²) in [5.41, 5.74) is -0.329. The van der Waals surface area contributed by atoms with Gasteiger partial charge >= 0.3 is 0 Å². The molecular weight excluding hydrogens is 323 g/mol. The molecule has 0 saturated carbocycles. The van der Waals surface area contributed by atoms with Gasteiger partial charge in [0.2, 0.25) is 5.91 Å². The van der Waals surface area contributed by atoms with Crippen molar-refractivity contribution in [1.29, 1.82) is 0 Å². The van der Waals surface area contributed by atoms with Gasteiger partial charge in [0.15, 0.2) is 0 Å². The molecule has 4 atom stereocenters. The molecule has 0 unspecified atom stereocenters. The van der Waals surface area contributed by atoms with Crippen LogP contribution in [-0.4, -0.2) is 53.4 Å². The van der Waals surface area contributed by atoms with Gasteiger partial charge in [0.05, 0.1) is 24.4 Å². The fourth-order valence-corrected chi connectivity index (χ4v) is 4.03. The summed E-state index contributed by atoms with van der Waals surface area (Å²) in [6.07, 6.45) is 1.47.